The third-order valence-electron chi connectivity index (χ3n) is 3.98. The summed E-state index contributed by atoms with van der Waals surface area (Å²) in [6.07, 6.45) is -1.73. The van der Waals surface area contributed by atoms with E-state index in [1.54, 1.807) is 12.1 Å². The zero-order valence-corrected chi connectivity index (χ0v) is 13.1. The molecule has 0 N–H and O–H groups in total. The Bertz CT molecular complexity index is 808. The van der Waals surface area contributed by atoms with Crippen LogP contribution in [0.15, 0.2) is 24.5 Å². The van der Waals surface area contributed by atoms with Gasteiger partial charge >= 0.3 is 6.18 Å². The van der Waals surface area contributed by atoms with E-state index in [1.165, 1.54) is 12.4 Å². The molecule has 1 aliphatic rings. The van der Waals surface area contributed by atoms with Gasteiger partial charge in [-0.05, 0) is 29.7 Å². The molecular weight excluding hydrogens is 317 g/mol. The van der Waals surface area contributed by atoms with Crippen LogP contribution in [0.5, 0.6) is 0 Å². The molecule has 0 bridgehead atoms. The van der Waals surface area contributed by atoms with Crippen LogP contribution in [0.25, 0.3) is 0 Å². The maximum Gasteiger partial charge on any atom is 0.393 e. The summed E-state index contributed by atoms with van der Waals surface area (Å²) in [4.78, 5) is 10.5. The number of aryl methyl sites for hydroxylation is 1. The zero-order chi connectivity index (χ0) is 17.3. The first-order chi connectivity index (χ1) is 11.4. The highest BCUT2D eigenvalue weighted by Crippen LogP contribution is 2.27. The molecule has 0 atom stereocenters. The molecule has 0 saturated carbocycles. The normalized spacial score (nSPS) is 14.2. The highest BCUT2D eigenvalue weighted by Gasteiger charge is 2.29. The molecule has 0 radical (unpaired) electrons. The second kappa shape index (κ2) is 6.11. The van der Waals surface area contributed by atoms with E-state index in [0.29, 0.717) is 25.1 Å². The first-order valence-electron chi connectivity index (χ1n) is 7.51. The van der Waals surface area contributed by atoms with Crippen LogP contribution < -0.4 is 4.90 Å². The van der Waals surface area contributed by atoms with Crippen molar-refractivity contribution in [2.75, 3.05) is 11.4 Å². The highest BCUT2D eigenvalue weighted by molar-refractivity contribution is 5.51. The molecule has 24 heavy (non-hydrogen) atoms. The number of halogens is 3. The number of rotatable bonds is 2. The lowest BCUT2D eigenvalue weighted by molar-refractivity contribution is -0.127. The second-order valence-corrected chi connectivity index (χ2v) is 5.89. The van der Waals surface area contributed by atoms with Gasteiger partial charge in [-0.15, -0.1) is 0 Å². The maximum absolute atomic E-state index is 12.6. The van der Waals surface area contributed by atoms with Crippen LogP contribution in [-0.2, 0) is 19.4 Å². The highest BCUT2D eigenvalue weighted by atomic mass is 19.4. The van der Waals surface area contributed by atoms with Gasteiger partial charge in [0.15, 0.2) is 0 Å². The molecule has 2 aromatic rings. The van der Waals surface area contributed by atoms with E-state index in [4.69, 9.17) is 5.26 Å². The molecule has 0 unspecified atom stereocenters. The van der Waals surface area contributed by atoms with Gasteiger partial charge in [0.1, 0.15) is 11.9 Å². The van der Waals surface area contributed by atoms with E-state index < -0.39 is 12.6 Å². The number of nitrogens with zero attached hydrogens (tertiary/aromatic N) is 4. The molecule has 124 valence electrons. The summed E-state index contributed by atoms with van der Waals surface area (Å²) in [5.74, 6) is 0.751. The van der Waals surface area contributed by atoms with Crippen molar-refractivity contribution in [3.05, 3.63) is 52.5 Å². The lowest BCUT2D eigenvalue weighted by Crippen LogP contribution is -2.32. The summed E-state index contributed by atoms with van der Waals surface area (Å²) in [6, 6.07) is 5.39. The molecule has 0 spiro atoms. The Morgan fingerprint density at radius 2 is 2.04 bits per heavy atom. The van der Waals surface area contributed by atoms with Gasteiger partial charge in [-0.3, -0.25) is 4.98 Å². The molecule has 0 saturated heterocycles. The number of hydrogen-bond acceptors (Lipinski definition) is 4. The van der Waals surface area contributed by atoms with Crippen LogP contribution in [-0.4, -0.2) is 22.7 Å². The quantitative estimate of drug-likeness (QED) is 0.846. The van der Waals surface area contributed by atoms with Gasteiger partial charge in [-0.25, -0.2) is 4.98 Å². The molecule has 0 aromatic carbocycles. The predicted molar refractivity (Wildman–Crippen MR) is 82.4 cm³/mol. The first kappa shape index (κ1) is 16.2. The van der Waals surface area contributed by atoms with Crippen molar-refractivity contribution in [2.24, 2.45) is 0 Å². The molecule has 3 rings (SSSR count). The molecular formula is C17H15F3N4. The van der Waals surface area contributed by atoms with E-state index in [0.717, 1.165) is 22.6 Å². The van der Waals surface area contributed by atoms with Crippen LogP contribution in [0.1, 0.15) is 27.9 Å². The Labute approximate surface area is 137 Å². The van der Waals surface area contributed by atoms with E-state index in [9.17, 15) is 13.2 Å². The summed E-state index contributed by atoms with van der Waals surface area (Å²) < 4.78 is 37.7. The van der Waals surface area contributed by atoms with Gasteiger partial charge in [0.25, 0.3) is 0 Å². The fraction of sp³-hybridized carbons (Fsp3) is 0.353. The summed E-state index contributed by atoms with van der Waals surface area (Å²) in [5.41, 5.74) is 3.17. The summed E-state index contributed by atoms with van der Waals surface area (Å²) in [6.45, 7) is 3.03. The van der Waals surface area contributed by atoms with Crippen LogP contribution in [0, 0.1) is 18.3 Å². The molecule has 0 amide bonds. The molecule has 0 aliphatic carbocycles. The van der Waals surface area contributed by atoms with Gasteiger partial charge in [0, 0.05) is 37.6 Å². The number of hydrogen-bond donors (Lipinski definition) is 0. The third kappa shape index (κ3) is 3.48. The Kier molecular flexibility index (Phi) is 4.14. The van der Waals surface area contributed by atoms with Crippen molar-refractivity contribution < 1.29 is 13.2 Å². The molecule has 2 aromatic heterocycles. The summed E-state index contributed by atoms with van der Waals surface area (Å²) in [7, 11) is 0. The standard InChI is InChI=1S/C17H15F3N4/c1-11-4-13(7-21)9-23-16(11)24-3-2-15-14(10-24)5-12(8-22-15)6-17(18,19)20/h4-5,8-9H,2-3,6,10H2,1H3. The van der Waals surface area contributed by atoms with Crippen LogP contribution in [0.4, 0.5) is 19.0 Å². The first-order valence-corrected chi connectivity index (χ1v) is 7.51. The number of nitriles is 1. The number of fused-ring (bicyclic) bond motifs is 1. The lowest BCUT2D eigenvalue weighted by Gasteiger charge is -2.30. The molecule has 1 aliphatic heterocycles. The fourth-order valence-corrected chi connectivity index (χ4v) is 2.94. The largest absolute Gasteiger partial charge is 0.393 e. The Balaban J connectivity index is 1.85. The van der Waals surface area contributed by atoms with Crippen LogP contribution in [0.2, 0.25) is 0 Å². The zero-order valence-electron chi connectivity index (χ0n) is 13.1. The predicted octanol–water partition coefficient (Wildman–Crippen LogP) is 3.32. The van der Waals surface area contributed by atoms with Gasteiger partial charge in [-0.2, -0.15) is 18.4 Å². The minimum Gasteiger partial charge on any atom is -0.352 e. The van der Waals surface area contributed by atoms with Crippen molar-refractivity contribution >= 4 is 5.82 Å². The van der Waals surface area contributed by atoms with Crippen LogP contribution >= 0.6 is 0 Å². The Morgan fingerprint density at radius 1 is 1.25 bits per heavy atom. The fourth-order valence-electron chi connectivity index (χ4n) is 2.94. The van der Waals surface area contributed by atoms with Crippen molar-refractivity contribution in [3.63, 3.8) is 0 Å². The van der Waals surface area contributed by atoms with E-state index in [1.807, 2.05) is 17.9 Å². The minimum absolute atomic E-state index is 0.174. The van der Waals surface area contributed by atoms with Crippen molar-refractivity contribution in [1.82, 2.24) is 9.97 Å². The van der Waals surface area contributed by atoms with Gasteiger partial charge in [0.2, 0.25) is 0 Å². The van der Waals surface area contributed by atoms with Gasteiger partial charge < -0.3 is 4.90 Å². The molecule has 7 heteroatoms. The Hall–Kier alpha value is -2.62. The van der Waals surface area contributed by atoms with E-state index >= 15 is 0 Å². The minimum atomic E-state index is -4.24. The van der Waals surface area contributed by atoms with Crippen LogP contribution in [0.3, 0.4) is 0 Å². The molecule has 0 fully saturated rings. The lowest BCUT2D eigenvalue weighted by atomic mass is 10.0. The summed E-state index contributed by atoms with van der Waals surface area (Å²) >= 11 is 0. The smallest absolute Gasteiger partial charge is 0.352 e. The SMILES string of the molecule is Cc1cc(C#N)cnc1N1CCc2ncc(CC(F)(F)F)cc2C1. The average Bonchev–Trinajstić information content (AvgIpc) is 2.52. The third-order valence-corrected chi connectivity index (χ3v) is 3.98. The summed E-state index contributed by atoms with van der Waals surface area (Å²) in [5, 5.41) is 8.91. The molecule has 3 heterocycles. The van der Waals surface area contributed by atoms with Crippen molar-refractivity contribution in [2.45, 2.75) is 32.5 Å². The number of anilines is 1. The monoisotopic (exact) mass is 332 g/mol. The molecule has 4 nitrogen and oxygen atoms in total. The van der Waals surface area contributed by atoms with Gasteiger partial charge in [-0.1, -0.05) is 6.07 Å². The van der Waals surface area contributed by atoms with E-state index in [-0.39, 0.29) is 5.56 Å². The van der Waals surface area contributed by atoms with E-state index in [2.05, 4.69) is 9.97 Å². The number of aromatic nitrogens is 2. The average molecular weight is 332 g/mol. The number of alkyl halides is 3. The van der Waals surface area contributed by atoms with Crippen molar-refractivity contribution in [1.29, 1.82) is 5.26 Å². The maximum atomic E-state index is 12.6. The second-order valence-electron chi connectivity index (χ2n) is 5.89. The van der Waals surface area contributed by atoms with Gasteiger partial charge in [0.05, 0.1) is 12.0 Å². The topological polar surface area (TPSA) is 52.8 Å². The van der Waals surface area contributed by atoms with Crippen molar-refractivity contribution in [3.8, 4) is 6.07 Å². The number of pyridine rings is 2. The Morgan fingerprint density at radius 3 is 2.71 bits per heavy atom.